The molecule has 2 nitrogen and oxygen atoms in total. The number of amides is 1. The molecule has 1 atom stereocenters. The molecule has 3 rings (SSSR count). The highest BCUT2D eigenvalue weighted by Crippen LogP contribution is 2.39. The fourth-order valence-corrected chi connectivity index (χ4v) is 2.87. The largest absolute Gasteiger partial charge is 0.333 e. The average Bonchev–Trinajstić information content (AvgIpc) is 3.12. The zero-order valence-corrected chi connectivity index (χ0v) is 11.3. The van der Waals surface area contributed by atoms with Gasteiger partial charge in [-0.15, -0.1) is 0 Å². The van der Waals surface area contributed by atoms with Crippen LogP contribution in [0.2, 0.25) is 0 Å². The van der Waals surface area contributed by atoms with Crippen LogP contribution >= 0.6 is 0 Å². The van der Waals surface area contributed by atoms with Gasteiger partial charge in [0.25, 0.3) is 0 Å². The quantitative estimate of drug-likeness (QED) is 0.809. The Bertz CT molecular complexity index is 479. The molecule has 1 aromatic carbocycles. The number of carbonyl (C=O) groups is 1. The molecule has 2 aliphatic carbocycles. The number of halogens is 1. The molecule has 0 spiro atoms. The van der Waals surface area contributed by atoms with Crippen molar-refractivity contribution in [1.82, 2.24) is 4.90 Å². The van der Waals surface area contributed by atoms with Crippen LogP contribution in [0.25, 0.3) is 0 Å². The Kier molecular flexibility index (Phi) is 3.29. The van der Waals surface area contributed by atoms with Gasteiger partial charge >= 0.3 is 0 Å². The molecule has 0 radical (unpaired) electrons. The maximum absolute atomic E-state index is 13.9. The van der Waals surface area contributed by atoms with Crippen molar-refractivity contribution in [3.8, 4) is 0 Å². The predicted molar refractivity (Wildman–Crippen MR) is 72.0 cm³/mol. The van der Waals surface area contributed by atoms with Crippen molar-refractivity contribution in [3.63, 3.8) is 0 Å². The highest BCUT2D eigenvalue weighted by Gasteiger charge is 2.40. The molecule has 0 heterocycles. The molecule has 0 N–H and O–H groups in total. The van der Waals surface area contributed by atoms with Crippen LogP contribution in [0.3, 0.4) is 0 Å². The van der Waals surface area contributed by atoms with Crippen molar-refractivity contribution in [2.75, 3.05) is 0 Å². The Morgan fingerprint density at radius 2 is 1.95 bits per heavy atom. The Labute approximate surface area is 113 Å². The Morgan fingerprint density at radius 1 is 1.26 bits per heavy atom. The molecule has 0 saturated heterocycles. The van der Waals surface area contributed by atoms with Gasteiger partial charge in [-0.1, -0.05) is 24.6 Å². The number of hydrogen-bond acceptors (Lipinski definition) is 1. The first-order valence-electron chi connectivity index (χ1n) is 7.25. The first-order chi connectivity index (χ1) is 9.18. The van der Waals surface area contributed by atoms with Gasteiger partial charge in [0.15, 0.2) is 0 Å². The molecule has 1 aromatic rings. The lowest BCUT2D eigenvalue weighted by atomic mass is 9.84. The molecule has 3 heteroatoms. The summed E-state index contributed by atoms with van der Waals surface area (Å²) in [6, 6.07) is 6.99. The van der Waals surface area contributed by atoms with Crippen LogP contribution in [0, 0.1) is 11.7 Å². The van der Waals surface area contributed by atoms with E-state index in [2.05, 4.69) is 0 Å². The molecule has 0 aromatic heterocycles. The highest BCUT2D eigenvalue weighted by molar-refractivity contribution is 5.80. The van der Waals surface area contributed by atoms with Crippen LogP contribution in [-0.2, 0) is 4.79 Å². The normalized spacial score (nSPS) is 20.7. The average molecular weight is 261 g/mol. The van der Waals surface area contributed by atoms with Gasteiger partial charge in [0.05, 0.1) is 6.04 Å². The number of hydrogen-bond donors (Lipinski definition) is 0. The number of carbonyl (C=O) groups excluding carboxylic acids is 1. The molecule has 2 aliphatic rings. The summed E-state index contributed by atoms with van der Waals surface area (Å²) in [4.78, 5) is 14.5. The van der Waals surface area contributed by atoms with Crippen molar-refractivity contribution in [2.24, 2.45) is 5.92 Å². The minimum absolute atomic E-state index is 0.151. The van der Waals surface area contributed by atoms with Crippen LogP contribution in [0.4, 0.5) is 4.39 Å². The summed E-state index contributed by atoms with van der Waals surface area (Å²) in [7, 11) is 0. The van der Waals surface area contributed by atoms with Crippen LogP contribution in [0.1, 0.15) is 50.6 Å². The third-order valence-electron chi connectivity index (χ3n) is 4.42. The Balaban J connectivity index is 1.83. The van der Waals surface area contributed by atoms with Gasteiger partial charge in [-0.2, -0.15) is 0 Å². The van der Waals surface area contributed by atoms with Gasteiger partial charge in [0.1, 0.15) is 5.82 Å². The lowest BCUT2D eigenvalue weighted by molar-refractivity contribution is -0.141. The first-order valence-corrected chi connectivity index (χ1v) is 7.25. The molecule has 0 aliphatic heterocycles. The third-order valence-corrected chi connectivity index (χ3v) is 4.42. The zero-order chi connectivity index (χ0) is 13.4. The monoisotopic (exact) mass is 261 g/mol. The van der Waals surface area contributed by atoms with E-state index in [1.54, 1.807) is 12.1 Å². The second-order valence-electron chi connectivity index (χ2n) is 5.80. The maximum Gasteiger partial charge on any atom is 0.226 e. The van der Waals surface area contributed by atoms with E-state index in [4.69, 9.17) is 0 Å². The molecule has 102 valence electrons. The maximum atomic E-state index is 13.9. The molecule has 19 heavy (non-hydrogen) atoms. The van der Waals surface area contributed by atoms with E-state index in [0.29, 0.717) is 11.6 Å². The van der Waals surface area contributed by atoms with Crippen LogP contribution in [0.5, 0.6) is 0 Å². The molecule has 2 saturated carbocycles. The van der Waals surface area contributed by atoms with E-state index in [9.17, 15) is 9.18 Å². The summed E-state index contributed by atoms with van der Waals surface area (Å²) >= 11 is 0. The standard InChI is InChI=1S/C16H20FNO/c1-11(14-7-2-3-8-15(14)17)18(13-9-10-13)16(19)12-5-4-6-12/h2-3,7-8,11-13H,4-6,9-10H2,1H3. The van der Waals surface area contributed by atoms with Gasteiger partial charge < -0.3 is 4.90 Å². The second-order valence-corrected chi connectivity index (χ2v) is 5.80. The fraction of sp³-hybridized carbons (Fsp3) is 0.562. The minimum atomic E-state index is -0.206. The molecule has 2 fully saturated rings. The van der Waals surface area contributed by atoms with Gasteiger partial charge in [-0.05, 0) is 38.7 Å². The first kappa shape index (κ1) is 12.6. The molecule has 1 amide bonds. The van der Waals surface area contributed by atoms with Gasteiger partial charge in [0, 0.05) is 17.5 Å². The van der Waals surface area contributed by atoms with E-state index in [-0.39, 0.29) is 23.7 Å². The fourth-order valence-electron chi connectivity index (χ4n) is 2.87. The van der Waals surface area contributed by atoms with Crippen LogP contribution < -0.4 is 0 Å². The van der Waals surface area contributed by atoms with E-state index >= 15 is 0 Å². The van der Waals surface area contributed by atoms with E-state index in [1.807, 2.05) is 17.9 Å². The zero-order valence-electron chi connectivity index (χ0n) is 11.3. The predicted octanol–water partition coefficient (Wildman–Crippen LogP) is 3.68. The SMILES string of the molecule is CC(c1ccccc1F)N(C(=O)C1CCC1)C1CC1. The van der Waals surface area contributed by atoms with Crippen LogP contribution in [0.15, 0.2) is 24.3 Å². The van der Waals surface area contributed by atoms with Crippen molar-refractivity contribution < 1.29 is 9.18 Å². The lowest BCUT2D eigenvalue weighted by Crippen LogP contribution is -2.42. The van der Waals surface area contributed by atoms with E-state index in [1.165, 1.54) is 6.07 Å². The molecular weight excluding hydrogens is 241 g/mol. The number of rotatable bonds is 4. The van der Waals surface area contributed by atoms with E-state index in [0.717, 1.165) is 32.1 Å². The molecule has 1 unspecified atom stereocenters. The number of nitrogens with zero attached hydrogens (tertiary/aromatic N) is 1. The summed E-state index contributed by atoms with van der Waals surface area (Å²) in [5.41, 5.74) is 0.641. The van der Waals surface area contributed by atoms with Gasteiger partial charge in [-0.25, -0.2) is 4.39 Å². The topological polar surface area (TPSA) is 20.3 Å². The lowest BCUT2D eigenvalue weighted by Gasteiger charge is -2.36. The summed E-state index contributed by atoms with van der Waals surface area (Å²) in [5.74, 6) is 0.224. The summed E-state index contributed by atoms with van der Waals surface area (Å²) < 4.78 is 13.9. The highest BCUT2D eigenvalue weighted by atomic mass is 19.1. The van der Waals surface area contributed by atoms with Crippen molar-refractivity contribution >= 4 is 5.91 Å². The summed E-state index contributed by atoms with van der Waals surface area (Å²) in [6.07, 6.45) is 5.30. The van der Waals surface area contributed by atoms with E-state index < -0.39 is 0 Å². The van der Waals surface area contributed by atoms with Crippen molar-refractivity contribution in [3.05, 3.63) is 35.6 Å². The Hall–Kier alpha value is -1.38. The van der Waals surface area contributed by atoms with Gasteiger partial charge in [-0.3, -0.25) is 4.79 Å². The molecule has 0 bridgehead atoms. The summed E-state index contributed by atoms with van der Waals surface area (Å²) in [6.45, 7) is 1.95. The smallest absolute Gasteiger partial charge is 0.226 e. The van der Waals surface area contributed by atoms with Crippen molar-refractivity contribution in [1.29, 1.82) is 0 Å². The third kappa shape index (κ3) is 2.38. The second kappa shape index (κ2) is 4.95. The van der Waals surface area contributed by atoms with Gasteiger partial charge in [0.2, 0.25) is 5.91 Å². The van der Waals surface area contributed by atoms with Crippen LogP contribution in [-0.4, -0.2) is 16.8 Å². The Morgan fingerprint density at radius 3 is 2.47 bits per heavy atom. The number of benzene rings is 1. The van der Waals surface area contributed by atoms with Crippen molar-refractivity contribution in [2.45, 2.75) is 51.1 Å². The molecular formula is C16H20FNO. The summed E-state index contributed by atoms with van der Waals surface area (Å²) in [5, 5.41) is 0. The minimum Gasteiger partial charge on any atom is -0.333 e.